The van der Waals surface area contributed by atoms with Crippen LogP contribution in [0, 0.1) is 12.7 Å². The summed E-state index contributed by atoms with van der Waals surface area (Å²) >= 11 is 13.0. The minimum absolute atomic E-state index is 0.259. The molecule has 20 heavy (non-hydrogen) atoms. The molecule has 2 aromatic rings. The second kappa shape index (κ2) is 6.46. The monoisotopic (exact) mass is 420 g/mol. The summed E-state index contributed by atoms with van der Waals surface area (Å²) in [6.45, 7) is 1.85. The Kier molecular flexibility index (Phi) is 5.10. The highest BCUT2D eigenvalue weighted by atomic mass is 79.9. The van der Waals surface area contributed by atoms with Crippen molar-refractivity contribution < 1.29 is 9.13 Å². The maximum atomic E-state index is 14.1. The molecule has 0 bridgehead atoms. The van der Waals surface area contributed by atoms with E-state index in [-0.39, 0.29) is 10.6 Å². The fourth-order valence-corrected chi connectivity index (χ4v) is 3.70. The first kappa shape index (κ1) is 15.8. The van der Waals surface area contributed by atoms with Crippen LogP contribution in [-0.4, -0.2) is 7.11 Å². The van der Waals surface area contributed by atoms with Gasteiger partial charge in [-0.2, -0.15) is 0 Å². The van der Waals surface area contributed by atoms with E-state index in [4.69, 9.17) is 16.3 Å². The summed E-state index contributed by atoms with van der Waals surface area (Å²) in [5.74, 6) is 0.376. The Morgan fingerprint density at radius 3 is 2.50 bits per heavy atom. The van der Waals surface area contributed by atoms with Crippen molar-refractivity contribution in [2.45, 2.75) is 11.8 Å². The quantitative estimate of drug-likeness (QED) is 0.548. The molecule has 0 N–H and O–H groups in total. The van der Waals surface area contributed by atoms with Crippen molar-refractivity contribution in [1.29, 1.82) is 0 Å². The van der Waals surface area contributed by atoms with E-state index in [1.807, 2.05) is 13.0 Å². The molecule has 0 heterocycles. The molecule has 2 aromatic carbocycles. The van der Waals surface area contributed by atoms with Crippen LogP contribution < -0.4 is 4.74 Å². The lowest BCUT2D eigenvalue weighted by molar-refractivity contribution is 0.407. The number of aryl methyl sites for hydroxylation is 1. The van der Waals surface area contributed by atoms with Gasteiger partial charge in [0.05, 0.1) is 16.4 Å². The number of benzene rings is 2. The Hall–Kier alpha value is -0.580. The van der Waals surface area contributed by atoms with E-state index in [1.54, 1.807) is 25.3 Å². The first-order valence-electron chi connectivity index (χ1n) is 5.87. The lowest BCUT2D eigenvalue weighted by atomic mass is 10.0. The van der Waals surface area contributed by atoms with Crippen LogP contribution in [0.25, 0.3) is 0 Å². The van der Waals surface area contributed by atoms with Crippen molar-refractivity contribution in [2.75, 3.05) is 7.11 Å². The molecule has 0 saturated carbocycles. The van der Waals surface area contributed by atoms with Crippen molar-refractivity contribution in [3.63, 3.8) is 0 Å². The highest BCUT2D eigenvalue weighted by molar-refractivity contribution is 9.10. The van der Waals surface area contributed by atoms with Gasteiger partial charge in [-0.3, -0.25) is 0 Å². The van der Waals surface area contributed by atoms with E-state index < -0.39 is 0 Å². The fourth-order valence-electron chi connectivity index (χ4n) is 1.99. The molecule has 0 aliphatic carbocycles. The second-order valence-electron chi connectivity index (χ2n) is 4.40. The van der Waals surface area contributed by atoms with E-state index in [2.05, 4.69) is 31.9 Å². The van der Waals surface area contributed by atoms with Gasteiger partial charge in [0.1, 0.15) is 11.6 Å². The van der Waals surface area contributed by atoms with Gasteiger partial charge in [0.25, 0.3) is 0 Å². The van der Waals surface area contributed by atoms with Crippen LogP contribution in [0.1, 0.15) is 21.5 Å². The summed E-state index contributed by atoms with van der Waals surface area (Å²) in [6, 6.07) is 8.66. The van der Waals surface area contributed by atoms with Crippen LogP contribution in [0.4, 0.5) is 4.39 Å². The standard InChI is InChI=1S/C15H12Br2ClFO/c1-8-3-4-10(13(19)5-8)14(17)11-6-9(18)7-12(16)15(11)20-2/h3-7,14H,1-2H3. The van der Waals surface area contributed by atoms with Crippen molar-refractivity contribution in [1.82, 2.24) is 0 Å². The summed E-state index contributed by atoms with van der Waals surface area (Å²) in [5.41, 5.74) is 2.20. The maximum Gasteiger partial charge on any atom is 0.137 e. The Labute approximate surface area is 139 Å². The smallest absolute Gasteiger partial charge is 0.137 e. The summed E-state index contributed by atoms with van der Waals surface area (Å²) in [5, 5.41) is 0.560. The van der Waals surface area contributed by atoms with E-state index >= 15 is 0 Å². The molecule has 2 rings (SSSR count). The van der Waals surface area contributed by atoms with Gasteiger partial charge in [-0.15, -0.1) is 0 Å². The van der Waals surface area contributed by atoms with Crippen LogP contribution >= 0.6 is 43.5 Å². The third-order valence-electron chi connectivity index (χ3n) is 2.94. The van der Waals surface area contributed by atoms with E-state index in [0.717, 1.165) is 15.6 Å². The van der Waals surface area contributed by atoms with Crippen LogP contribution in [0.5, 0.6) is 5.75 Å². The molecule has 0 aliphatic heterocycles. The van der Waals surface area contributed by atoms with Crippen LogP contribution in [0.15, 0.2) is 34.8 Å². The van der Waals surface area contributed by atoms with Gasteiger partial charge in [-0.25, -0.2) is 4.39 Å². The van der Waals surface area contributed by atoms with E-state index in [0.29, 0.717) is 16.3 Å². The van der Waals surface area contributed by atoms with Gasteiger partial charge < -0.3 is 4.74 Å². The van der Waals surface area contributed by atoms with Gasteiger partial charge in [-0.1, -0.05) is 39.7 Å². The first-order valence-corrected chi connectivity index (χ1v) is 7.95. The third kappa shape index (κ3) is 3.18. The Bertz CT molecular complexity index is 646. The molecule has 0 fully saturated rings. The summed E-state index contributed by atoms with van der Waals surface area (Å²) in [7, 11) is 1.57. The zero-order chi connectivity index (χ0) is 14.9. The van der Waals surface area contributed by atoms with Gasteiger partial charge in [0, 0.05) is 16.1 Å². The maximum absolute atomic E-state index is 14.1. The molecule has 0 amide bonds. The minimum Gasteiger partial charge on any atom is -0.495 e. The number of rotatable bonds is 3. The van der Waals surface area contributed by atoms with Gasteiger partial charge in [0.2, 0.25) is 0 Å². The molecule has 0 aliphatic rings. The fraction of sp³-hybridized carbons (Fsp3) is 0.200. The molecule has 1 atom stereocenters. The van der Waals surface area contributed by atoms with Gasteiger partial charge in [-0.05, 0) is 46.6 Å². The Balaban J connectivity index is 2.55. The zero-order valence-corrected chi connectivity index (χ0v) is 14.8. The topological polar surface area (TPSA) is 9.23 Å². The largest absolute Gasteiger partial charge is 0.495 e. The molecular weight excluding hydrogens is 410 g/mol. The SMILES string of the molecule is COc1c(Br)cc(Cl)cc1C(Br)c1ccc(C)cc1F. The average Bonchev–Trinajstić information content (AvgIpc) is 2.37. The lowest BCUT2D eigenvalue weighted by Crippen LogP contribution is -2.01. The van der Waals surface area contributed by atoms with Crippen molar-refractivity contribution in [3.05, 3.63) is 62.3 Å². The highest BCUT2D eigenvalue weighted by Gasteiger charge is 2.21. The first-order chi connectivity index (χ1) is 9.43. The van der Waals surface area contributed by atoms with E-state index in [1.165, 1.54) is 6.07 Å². The molecule has 0 spiro atoms. The normalized spacial score (nSPS) is 12.3. The number of hydrogen-bond acceptors (Lipinski definition) is 1. The number of hydrogen-bond donors (Lipinski definition) is 0. The summed E-state index contributed by atoms with van der Waals surface area (Å²) in [6.07, 6.45) is 0. The van der Waals surface area contributed by atoms with Crippen LogP contribution in [0.2, 0.25) is 5.02 Å². The van der Waals surface area contributed by atoms with Crippen molar-refractivity contribution in [2.24, 2.45) is 0 Å². The third-order valence-corrected chi connectivity index (χ3v) is 4.74. The highest BCUT2D eigenvalue weighted by Crippen LogP contribution is 2.42. The molecule has 5 heteroatoms. The molecule has 1 nitrogen and oxygen atoms in total. The molecule has 0 aromatic heterocycles. The van der Waals surface area contributed by atoms with E-state index in [9.17, 15) is 4.39 Å². The second-order valence-corrected chi connectivity index (χ2v) is 6.60. The lowest BCUT2D eigenvalue weighted by Gasteiger charge is -2.17. The van der Waals surface area contributed by atoms with Crippen LogP contribution in [0.3, 0.4) is 0 Å². The Morgan fingerprint density at radius 1 is 1.20 bits per heavy atom. The minimum atomic E-state index is -0.340. The molecular formula is C15H12Br2ClFO. The molecule has 1 unspecified atom stereocenters. The predicted octanol–water partition coefficient (Wildman–Crippen LogP) is 6.04. The van der Waals surface area contributed by atoms with Crippen molar-refractivity contribution >= 4 is 43.5 Å². The molecule has 106 valence electrons. The predicted molar refractivity (Wildman–Crippen MR) is 87.6 cm³/mol. The number of halogens is 4. The van der Waals surface area contributed by atoms with Gasteiger partial charge >= 0.3 is 0 Å². The van der Waals surface area contributed by atoms with Crippen LogP contribution in [-0.2, 0) is 0 Å². The number of ether oxygens (including phenoxy) is 1. The zero-order valence-electron chi connectivity index (χ0n) is 10.9. The van der Waals surface area contributed by atoms with Crippen molar-refractivity contribution in [3.8, 4) is 5.75 Å². The van der Waals surface area contributed by atoms with Gasteiger partial charge in [0.15, 0.2) is 0 Å². The number of alkyl halides is 1. The average molecular weight is 423 g/mol. The Morgan fingerprint density at radius 2 is 1.90 bits per heavy atom. The molecule has 0 saturated heterocycles. The number of methoxy groups -OCH3 is 1. The summed E-state index contributed by atoms with van der Waals surface area (Å²) in [4.78, 5) is -0.340. The molecule has 0 radical (unpaired) electrons. The summed E-state index contributed by atoms with van der Waals surface area (Å²) < 4.78 is 20.2.